The Balaban J connectivity index is 1.76. The molecule has 2 nitrogen and oxygen atoms in total. The second-order valence-corrected chi connectivity index (χ2v) is 6.98. The maximum Gasteiger partial charge on any atom is 0.0345 e. The van der Waals surface area contributed by atoms with E-state index in [1.807, 2.05) is 0 Å². The summed E-state index contributed by atoms with van der Waals surface area (Å²) in [6.07, 6.45) is 1.87. The molecule has 0 aliphatic rings. The number of rotatable bonds is 5. The fourth-order valence-corrected chi connectivity index (χ4v) is 3.79. The molecule has 3 rings (SSSR count). The lowest BCUT2D eigenvalue weighted by molar-refractivity contribution is 0.524. The molecule has 0 fully saturated rings. The van der Waals surface area contributed by atoms with E-state index in [0.717, 1.165) is 17.3 Å². The van der Waals surface area contributed by atoms with Crippen LogP contribution >= 0.6 is 27.3 Å². The van der Waals surface area contributed by atoms with Crippen LogP contribution in [0.1, 0.15) is 11.1 Å². The molecule has 0 aliphatic carbocycles. The molecule has 0 bridgehead atoms. The van der Waals surface area contributed by atoms with Gasteiger partial charge >= 0.3 is 0 Å². The van der Waals surface area contributed by atoms with Gasteiger partial charge in [-0.3, -0.25) is 11.3 Å². The average Bonchev–Trinajstić information content (AvgIpc) is 2.92. The van der Waals surface area contributed by atoms with Crippen LogP contribution in [-0.4, -0.2) is 6.04 Å². The monoisotopic (exact) mass is 360 g/mol. The first-order valence-corrected chi connectivity index (χ1v) is 8.59. The lowest BCUT2D eigenvalue weighted by Gasteiger charge is -2.15. The van der Waals surface area contributed by atoms with Crippen LogP contribution < -0.4 is 11.3 Å². The Morgan fingerprint density at radius 3 is 2.57 bits per heavy atom. The molecule has 4 heteroatoms. The molecule has 108 valence electrons. The third-order valence-corrected chi connectivity index (χ3v) is 5.20. The van der Waals surface area contributed by atoms with Gasteiger partial charge in [-0.15, -0.1) is 11.3 Å². The second-order valence-electron chi connectivity index (χ2n) is 5.16. The van der Waals surface area contributed by atoms with E-state index in [1.165, 1.54) is 21.2 Å². The number of hydrazine groups is 1. The Kier molecular flexibility index (Phi) is 4.70. The van der Waals surface area contributed by atoms with Gasteiger partial charge in [-0.1, -0.05) is 46.3 Å². The van der Waals surface area contributed by atoms with E-state index >= 15 is 0 Å². The number of nitrogens with two attached hydrogens (primary N) is 1. The van der Waals surface area contributed by atoms with Crippen LogP contribution in [0, 0.1) is 0 Å². The molecule has 2 aromatic carbocycles. The van der Waals surface area contributed by atoms with Crippen LogP contribution in [0.4, 0.5) is 0 Å². The highest BCUT2D eigenvalue weighted by Crippen LogP contribution is 2.27. The molecule has 0 aliphatic heterocycles. The van der Waals surface area contributed by atoms with Crippen LogP contribution in [0.25, 0.3) is 10.1 Å². The first kappa shape index (κ1) is 14.7. The largest absolute Gasteiger partial charge is 0.271 e. The van der Waals surface area contributed by atoms with Gasteiger partial charge in [0, 0.05) is 15.2 Å². The number of benzene rings is 2. The fourth-order valence-electron chi connectivity index (χ4n) is 2.55. The summed E-state index contributed by atoms with van der Waals surface area (Å²) in [5.41, 5.74) is 5.62. The standard InChI is InChI=1S/C17H17BrN2S/c18-14-7-5-12(6-8-14)9-15(20-19)10-13-11-21-17-4-2-1-3-16(13)17/h1-8,11,15,20H,9-10,19H2. The lowest BCUT2D eigenvalue weighted by Crippen LogP contribution is -2.38. The molecule has 21 heavy (non-hydrogen) atoms. The van der Waals surface area contributed by atoms with Gasteiger partial charge in [0.15, 0.2) is 0 Å². The molecule has 0 radical (unpaired) electrons. The first-order chi connectivity index (χ1) is 10.3. The summed E-state index contributed by atoms with van der Waals surface area (Å²) >= 11 is 5.27. The van der Waals surface area contributed by atoms with Crippen molar-refractivity contribution < 1.29 is 0 Å². The van der Waals surface area contributed by atoms with E-state index in [-0.39, 0.29) is 6.04 Å². The summed E-state index contributed by atoms with van der Waals surface area (Å²) in [7, 11) is 0. The predicted octanol–water partition coefficient (Wildman–Crippen LogP) is 4.28. The van der Waals surface area contributed by atoms with Gasteiger partial charge in [-0.25, -0.2) is 0 Å². The summed E-state index contributed by atoms with van der Waals surface area (Å²) in [6.45, 7) is 0. The van der Waals surface area contributed by atoms with Gasteiger partial charge in [-0.05, 0) is 52.9 Å². The minimum absolute atomic E-state index is 0.240. The van der Waals surface area contributed by atoms with E-state index in [2.05, 4.69) is 75.3 Å². The van der Waals surface area contributed by atoms with E-state index in [9.17, 15) is 0 Å². The number of nitrogens with one attached hydrogen (secondary N) is 1. The highest BCUT2D eigenvalue weighted by atomic mass is 79.9. The molecule has 1 heterocycles. The number of hydrogen-bond donors (Lipinski definition) is 2. The number of thiophene rings is 1. The molecule has 1 unspecified atom stereocenters. The maximum absolute atomic E-state index is 5.76. The highest BCUT2D eigenvalue weighted by Gasteiger charge is 2.12. The molecule has 3 aromatic rings. The quantitative estimate of drug-likeness (QED) is 0.526. The zero-order chi connectivity index (χ0) is 14.7. The topological polar surface area (TPSA) is 38.0 Å². The van der Waals surface area contributed by atoms with Crippen LogP contribution in [0.3, 0.4) is 0 Å². The molecule has 0 saturated carbocycles. The Labute approximate surface area is 137 Å². The Morgan fingerprint density at radius 2 is 1.81 bits per heavy atom. The van der Waals surface area contributed by atoms with Gasteiger partial charge in [0.1, 0.15) is 0 Å². The van der Waals surface area contributed by atoms with Crippen LogP contribution in [0.5, 0.6) is 0 Å². The van der Waals surface area contributed by atoms with Crippen molar-refractivity contribution in [3.8, 4) is 0 Å². The zero-order valence-corrected chi connectivity index (χ0v) is 14.0. The molecule has 1 atom stereocenters. The summed E-state index contributed by atoms with van der Waals surface area (Å²) in [4.78, 5) is 0. The predicted molar refractivity (Wildman–Crippen MR) is 94.5 cm³/mol. The Hall–Kier alpha value is -1.20. The van der Waals surface area contributed by atoms with E-state index in [0.29, 0.717) is 0 Å². The smallest absolute Gasteiger partial charge is 0.0345 e. The first-order valence-electron chi connectivity index (χ1n) is 6.92. The molecular formula is C17H17BrN2S. The normalized spacial score (nSPS) is 12.7. The van der Waals surface area contributed by atoms with Crippen molar-refractivity contribution in [1.29, 1.82) is 0 Å². The molecule has 0 saturated heterocycles. The van der Waals surface area contributed by atoms with Crippen molar-refractivity contribution in [3.05, 3.63) is 69.5 Å². The third kappa shape index (κ3) is 3.52. The summed E-state index contributed by atoms with van der Waals surface area (Å²) in [5.74, 6) is 5.76. The van der Waals surface area contributed by atoms with Crippen molar-refractivity contribution in [2.45, 2.75) is 18.9 Å². The van der Waals surface area contributed by atoms with Gasteiger partial charge < -0.3 is 0 Å². The second kappa shape index (κ2) is 6.71. The van der Waals surface area contributed by atoms with Crippen molar-refractivity contribution in [3.63, 3.8) is 0 Å². The third-order valence-electron chi connectivity index (χ3n) is 3.66. The van der Waals surface area contributed by atoms with E-state index in [1.54, 1.807) is 11.3 Å². The van der Waals surface area contributed by atoms with Crippen molar-refractivity contribution in [2.75, 3.05) is 0 Å². The molecule has 1 aromatic heterocycles. The van der Waals surface area contributed by atoms with Crippen molar-refractivity contribution in [1.82, 2.24) is 5.43 Å². The van der Waals surface area contributed by atoms with Crippen LogP contribution in [0.2, 0.25) is 0 Å². The minimum atomic E-state index is 0.240. The molecule has 0 spiro atoms. The van der Waals surface area contributed by atoms with Gasteiger partial charge in [0.2, 0.25) is 0 Å². The van der Waals surface area contributed by atoms with Crippen LogP contribution in [0.15, 0.2) is 58.4 Å². The van der Waals surface area contributed by atoms with Gasteiger partial charge in [0.25, 0.3) is 0 Å². The Bertz CT molecular complexity index is 721. The molecular weight excluding hydrogens is 344 g/mol. The Morgan fingerprint density at radius 1 is 1.05 bits per heavy atom. The fraction of sp³-hybridized carbons (Fsp3) is 0.176. The maximum atomic E-state index is 5.76. The SMILES string of the molecule is NNC(Cc1ccc(Br)cc1)Cc1csc2ccccc12. The number of fused-ring (bicyclic) bond motifs is 1. The average molecular weight is 361 g/mol. The minimum Gasteiger partial charge on any atom is -0.271 e. The zero-order valence-electron chi connectivity index (χ0n) is 11.6. The summed E-state index contributed by atoms with van der Waals surface area (Å²) in [6, 6.07) is 17.2. The summed E-state index contributed by atoms with van der Waals surface area (Å²) in [5, 5.41) is 3.59. The molecule has 3 N–H and O–H groups in total. The van der Waals surface area contributed by atoms with E-state index in [4.69, 9.17) is 5.84 Å². The van der Waals surface area contributed by atoms with Crippen molar-refractivity contribution in [2.24, 2.45) is 5.84 Å². The summed E-state index contributed by atoms with van der Waals surface area (Å²) < 4.78 is 2.44. The lowest BCUT2D eigenvalue weighted by atomic mass is 9.99. The number of halogens is 1. The highest BCUT2D eigenvalue weighted by molar-refractivity contribution is 9.10. The molecule has 0 amide bonds. The van der Waals surface area contributed by atoms with Gasteiger partial charge in [0.05, 0.1) is 0 Å². The number of hydrogen-bond acceptors (Lipinski definition) is 3. The van der Waals surface area contributed by atoms with Crippen LogP contribution in [-0.2, 0) is 12.8 Å². The van der Waals surface area contributed by atoms with E-state index < -0.39 is 0 Å². The van der Waals surface area contributed by atoms with Gasteiger partial charge in [-0.2, -0.15) is 0 Å². The van der Waals surface area contributed by atoms with Crippen molar-refractivity contribution >= 4 is 37.4 Å².